The normalized spacial score (nSPS) is 27.0. The molecule has 0 unspecified atom stereocenters. The molecule has 0 aromatic heterocycles. The molecule has 3 atom stereocenters. The van der Waals surface area contributed by atoms with E-state index in [0.29, 0.717) is 22.7 Å². The lowest BCUT2D eigenvalue weighted by Crippen LogP contribution is -2.53. The average molecular weight is 350 g/mol. The second-order valence-corrected chi connectivity index (χ2v) is 6.82. The molecule has 25 heavy (non-hydrogen) atoms. The number of hydrogen-bond donors (Lipinski definition) is 1. The minimum atomic E-state index is -1.56. The molecule has 0 saturated carbocycles. The van der Waals surface area contributed by atoms with Crippen molar-refractivity contribution in [3.63, 3.8) is 0 Å². The minimum absolute atomic E-state index is 0.219. The summed E-state index contributed by atoms with van der Waals surface area (Å²) < 4.78 is 0. The van der Waals surface area contributed by atoms with Crippen molar-refractivity contribution in [2.24, 2.45) is 17.1 Å². The predicted octanol–water partition coefficient (Wildman–Crippen LogP) is 2.69. The summed E-state index contributed by atoms with van der Waals surface area (Å²) in [6, 6.07) is 12.6. The van der Waals surface area contributed by atoms with Crippen LogP contribution >= 0.6 is 11.6 Å². The third-order valence-corrected chi connectivity index (χ3v) is 5.47. The number of nitrogens with zero attached hydrogens (tertiary/aromatic N) is 4. The van der Waals surface area contributed by atoms with E-state index < -0.39 is 17.4 Å². The zero-order valence-corrected chi connectivity index (χ0v) is 14.4. The van der Waals surface area contributed by atoms with E-state index in [1.807, 2.05) is 36.4 Å². The molecule has 1 aromatic carbocycles. The lowest BCUT2D eigenvalue weighted by molar-refractivity contribution is 0.230. The molecule has 0 saturated heterocycles. The van der Waals surface area contributed by atoms with Crippen LogP contribution in [0.25, 0.3) is 0 Å². The van der Waals surface area contributed by atoms with Crippen molar-refractivity contribution in [1.29, 1.82) is 15.8 Å². The summed E-state index contributed by atoms with van der Waals surface area (Å²) in [5, 5.41) is 30.0. The van der Waals surface area contributed by atoms with Crippen LogP contribution in [0.4, 0.5) is 0 Å². The standard InChI is InChI=1S/C19H16ClN5/c1-25-7-6-12-14(8-21)18(24)19(10-22,11-23)17(15(12)9-25)13-4-2-3-5-16(13)20/h2-7,15,17-18H,9,24H2,1H3/t15-,17-,18-/m0/s1. The van der Waals surface area contributed by atoms with Gasteiger partial charge in [-0.2, -0.15) is 15.8 Å². The summed E-state index contributed by atoms with van der Waals surface area (Å²) in [5.41, 5.74) is 6.54. The summed E-state index contributed by atoms with van der Waals surface area (Å²) in [4.78, 5) is 1.98. The largest absolute Gasteiger partial charge is 0.380 e. The summed E-state index contributed by atoms with van der Waals surface area (Å²) in [5.74, 6) is -0.741. The molecule has 6 heteroatoms. The van der Waals surface area contributed by atoms with Crippen molar-refractivity contribution in [2.45, 2.75) is 12.0 Å². The second-order valence-electron chi connectivity index (χ2n) is 6.41. The third kappa shape index (κ3) is 2.39. The molecule has 5 nitrogen and oxygen atoms in total. The first-order chi connectivity index (χ1) is 12.0. The van der Waals surface area contributed by atoms with Gasteiger partial charge in [0.05, 0.1) is 29.8 Å². The maximum absolute atomic E-state index is 9.94. The van der Waals surface area contributed by atoms with E-state index in [9.17, 15) is 15.8 Å². The van der Waals surface area contributed by atoms with E-state index in [-0.39, 0.29) is 5.92 Å². The van der Waals surface area contributed by atoms with Gasteiger partial charge in [0.25, 0.3) is 0 Å². The Bertz CT molecular complexity index is 882. The Morgan fingerprint density at radius 1 is 1.24 bits per heavy atom. The predicted molar refractivity (Wildman–Crippen MR) is 93.7 cm³/mol. The second kappa shape index (κ2) is 6.26. The van der Waals surface area contributed by atoms with Crippen LogP contribution in [0.3, 0.4) is 0 Å². The van der Waals surface area contributed by atoms with Gasteiger partial charge in [0, 0.05) is 30.5 Å². The summed E-state index contributed by atoms with van der Waals surface area (Å²) in [6.07, 6.45) is 3.74. The highest BCUT2D eigenvalue weighted by atomic mass is 35.5. The summed E-state index contributed by atoms with van der Waals surface area (Å²) in [6.45, 7) is 0.574. The van der Waals surface area contributed by atoms with Gasteiger partial charge in [-0.25, -0.2) is 0 Å². The molecule has 1 aliphatic heterocycles. The topological polar surface area (TPSA) is 101 Å². The van der Waals surface area contributed by atoms with Gasteiger partial charge in [0.2, 0.25) is 0 Å². The fourth-order valence-corrected chi connectivity index (χ4v) is 4.17. The molecule has 2 N–H and O–H groups in total. The van der Waals surface area contributed by atoms with Gasteiger partial charge in [0.15, 0.2) is 5.41 Å². The van der Waals surface area contributed by atoms with Gasteiger partial charge in [-0.05, 0) is 29.5 Å². The van der Waals surface area contributed by atoms with E-state index in [1.54, 1.807) is 12.1 Å². The molecule has 0 amide bonds. The van der Waals surface area contributed by atoms with Crippen molar-refractivity contribution in [1.82, 2.24) is 4.90 Å². The van der Waals surface area contributed by atoms with Crippen molar-refractivity contribution in [2.75, 3.05) is 13.6 Å². The van der Waals surface area contributed by atoms with Crippen LogP contribution in [0.5, 0.6) is 0 Å². The van der Waals surface area contributed by atoms with Crippen molar-refractivity contribution < 1.29 is 0 Å². The molecule has 1 heterocycles. The Kier molecular flexibility index (Phi) is 4.27. The van der Waals surface area contributed by atoms with E-state index in [1.165, 1.54) is 0 Å². The van der Waals surface area contributed by atoms with E-state index in [4.69, 9.17) is 17.3 Å². The van der Waals surface area contributed by atoms with Gasteiger partial charge >= 0.3 is 0 Å². The molecule has 3 rings (SSSR count). The highest BCUT2D eigenvalue weighted by Gasteiger charge is 2.56. The molecular weight excluding hydrogens is 334 g/mol. The van der Waals surface area contributed by atoms with Gasteiger partial charge in [-0.1, -0.05) is 29.8 Å². The van der Waals surface area contributed by atoms with Crippen molar-refractivity contribution in [3.05, 3.63) is 58.3 Å². The Labute approximate surface area is 151 Å². The number of allylic oxidation sites excluding steroid dienone is 1. The number of halogens is 1. The monoisotopic (exact) mass is 349 g/mol. The van der Waals surface area contributed by atoms with Gasteiger partial charge < -0.3 is 10.6 Å². The van der Waals surface area contributed by atoms with Gasteiger partial charge in [0.1, 0.15) is 0 Å². The van der Waals surface area contributed by atoms with E-state index >= 15 is 0 Å². The van der Waals surface area contributed by atoms with Crippen LogP contribution in [0.1, 0.15) is 11.5 Å². The SMILES string of the molecule is CN1C=CC2=C(C#N)[C@H](N)C(C#N)(C#N)[C@@H](c3ccccc3Cl)[C@H]2C1. The van der Waals surface area contributed by atoms with Crippen LogP contribution in [-0.2, 0) is 0 Å². The van der Waals surface area contributed by atoms with Gasteiger partial charge in [-0.3, -0.25) is 0 Å². The quantitative estimate of drug-likeness (QED) is 0.840. The fourth-order valence-electron chi connectivity index (χ4n) is 3.92. The highest BCUT2D eigenvalue weighted by molar-refractivity contribution is 6.31. The van der Waals surface area contributed by atoms with Crippen LogP contribution in [-0.4, -0.2) is 24.5 Å². The number of benzene rings is 1. The summed E-state index contributed by atoms with van der Waals surface area (Å²) >= 11 is 6.41. The number of nitrogens with two attached hydrogens (primary N) is 1. The minimum Gasteiger partial charge on any atom is -0.380 e. The fraction of sp³-hybridized carbons (Fsp3) is 0.316. The smallest absolute Gasteiger partial charge is 0.171 e. The van der Waals surface area contributed by atoms with Crippen molar-refractivity contribution >= 4 is 11.6 Å². The Morgan fingerprint density at radius 3 is 2.52 bits per heavy atom. The first kappa shape index (κ1) is 17.1. The average Bonchev–Trinajstić information content (AvgIpc) is 2.62. The first-order valence-corrected chi connectivity index (χ1v) is 8.23. The highest BCUT2D eigenvalue weighted by Crippen LogP contribution is 2.53. The first-order valence-electron chi connectivity index (χ1n) is 7.85. The Morgan fingerprint density at radius 2 is 1.92 bits per heavy atom. The molecule has 0 bridgehead atoms. The Balaban J connectivity index is 2.35. The van der Waals surface area contributed by atoms with Crippen LogP contribution in [0.15, 0.2) is 47.7 Å². The molecule has 0 fully saturated rings. The molecule has 1 aromatic rings. The van der Waals surface area contributed by atoms with Crippen molar-refractivity contribution in [3.8, 4) is 18.2 Å². The maximum Gasteiger partial charge on any atom is 0.171 e. The van der Waals surface area contributed by atoms with Gasteiger partial charge in [-0.15, -0.1) is 0 Å². The lowest BCUT2D eigenvalue weighted by atomic mass is 9.56. The molecule has 124 valence electrons. The molecule has 1 aliphatic carbocycles. The summed E-state index contributed by atoms with van der Waals surface area (Å²) in [7, 11) is 1.91. The Hall–Kier alpha value is -2.78. The lowest BCUT2D eigenvalue weighted by Gasteiger charge is -2.46. The molecular formula is C19H16ClN5. The van der Waals surface area contributed by atoms with Crippen LogP contribution in [0.2, 0.25) is 5.02 Å². The molecule has 2 aliphatic rings. The van der Waals surface area contributed by atoms with E-state index in [2.05, 4.69) is 18.2 Å². The number of rotatable bonds is 1. The number of hydrogen-bond acceptors (Lipinski definition) is 5. The van der Waals surface area contributed by atoms with Crippen LogP contribution in [0, 0.1) is 45.3 Å². The maximum atomic E-state index is 9.94. The zero-order chi connectivity index (χ0) is 18.2. The van der Waals surface area contributed by atoms with E-state index in [0.717, 1.165) is 5.57 Å². The zero-order valence-electron chi connectivity index (χ0n) is 13.6. The van der Waals surface area contributed by atoms with Crippen LogP contribution < -0.4 is 5.73 Å². The number of nitriles is 3. The third-order valence-electron chi connectivity index (χ3n) is 5.13. The molecule has 0 radical (unpaired) electrons. The number of fused-ring (bicyclic) bond motifs is 1. The molecule has 0 spiro atoms.